The molecule has 2 N–H and O–H groups in total. The van der Waals surface area contributed by atoms with E-state index in [0.29, 0.717) is 6.54 Å². The van der Waals surface area contributed by atoms with Gasteiger partial charge in [-0.15, -0.1) is 0 Å². The summed E-state index contributed by atoms with van der Waals surface area (Å²) in [6.07, 6.45) is 5.94. The molecule has 1 saturated carbocycles. The Morgan fingerprint density at radius 1 is 1.33 bits per heavy atom. The average molecular weight is 292 g/mol. The third-order valence-corrected chi connectivity index (χ3v) is 5.51. The lowest BCUT2D eigenvalue weighted by molar-refractivity contribution is 0.0668. The van der Waals surface area contributed by atoms with E-state index in [1.807, 2.05) is 12.1 Å². The van der Waals surface area contributed by atoms with E-state index in [4.69, 9.17) is 5.73 Å². The predicted molar refractivity (Wildman–Crippen MR) is 86.6 cm³/mol. The fraction of sp³-hybridized carbons (Fsp3) is 0.667. The molecule has 0 heterocycles. The van der Waals surface area contributed by atoms with Crippen molar-refractivity contribution in [2.24, 2.45) is 11.7 Å². The summed E-state index contributed by atoms with van der Waals surface area (Å²) in [7, 11) is 2.11. The maximum absolute atomic E-state index is 14.1. The molecule has 3 atom stereocenters. The van der Waals surface area contributed by atoms with Crippen LogP contribution < -0.4 is 5.73 Å². The van der Waals surface area contributed by atoms with E-state index < -0.39 is 0 Å². The molecule has 0 aromatic heterocycles. The van der Waals surface area contributed by atoms with Crippen LogP contribution in [0, 0.1) is 11.7 Å². The van der Waals surface area contributed by atoms with E-state index in [0.717, 1.165) is 24.3 Å². The molecule has 21 heavy (non-hydrogen) atoms. The van der Waals surface area contributed by atoms with E-state index in [-0.39, 0.29) is 17.4 Å². The molecule has 1 aliphatic rings. The first-order valence-electron chi connectivity index (χ1n) is 8.17. The Hall–Kier alpha value is -0.930. The summed E-state index contributed by atoms with van der Waals surface area (Å²) in [5.41, 5.74) is 6.95. The van der Waals surface area contributed by atoms with Crippen LogP contribution in [0.25, 0.3) is 0 Å². The Bertz CT molecular complexity index is 462. The quantitative estimate of drug-likeness (QED) is 0.846. The molecule has 1 aliphatic carbocycles. The van der Waals surface area contributed by atoms with Gasteiger partial charge in [0.2, 0.25) is 0 Å². The molecule has 0 amide bonds. The number of rotatable bonds is 4. The molecule has 3 heteroatoms. The minimum absolute atomic E-state index is 0.00641. The van der Waals surface area contributed by atoms with Gasteiger partial charge in [-0.1, -0.05) is 38.0 Å². The monoisotopic (exact) mass is 292 g/mol. The largest absolute Gasteiger partial charge is 0.329 e. The zero-order valence-corrected chi connectivity index (χ0v) is 13.6. The number of hydrogen-bond donors (Lipinski definition) is 1. The summed E-state index contributed by atoms with van der Waals surface area (Å²) >= 11 is 0. The van der Waals surface area contributed by atoms with Crippen LogP contribution in [0.3, 0.4) is 0 Å². The molecule has 2 rings (SSSR count). The molecular formula is C18H29FN2. The summed E-state index contributed by atoms with van der Waals surface area (Å²) in [5.74, 6) is 0.654. The first-order valence-corrected chi connectivity index (χ1v) is 8.17. The summed E-state index contributed by atoms with van der Waals surface area (Å²) < 4.78 is 14.1. The molecule has 1 fully saturated rings. The minimum atomic E-state index is -0.119. The SMILES string of the molecule is CC1CCCC(CN)(N(C)C(C)c2ccccc2F)CC1. The summed E-state index contributed by atoms with van der Waals surface area (Å²) in [6, 6.07) is 7.14. The summed E-state index contributed by atoms with van der Waals surface area (Å²) in [5, 5.41) is 0. The van der Waals surface area contributed by atoms with Crippen LogP contribution in [0.1, 0.15) is 57.6 Å². The van der Waals surface area contributed by atoms with E-state index in [2.05, 4.69) is 25.8 Å². The lowest BCUT2D eigenvalue weighted by Crippen LogP contribution is -2.52. The van der Waals surface area contributed by atoms with Gasteiger partial charge in [-0.25, -0.2) is 4.39 Å². The highest BCUT2D eigenvalue weighted by Crippen LogP contribution is 2.38. The van der Waals surface area contributed by atoms with Crippen molar-refractivity contribution in [3.05, 3.63) is 35.6 Å². The molecule has 1 aromatic rings. The van der Waals surface area contributed by atoms with Gasteiger partial charge < -0.3 is 5.73 Å². The van der Waals surface area contributed by atoms with Crippen LogP contribution in [0.5, 0.6) is 0 Å². The third kappa shape index (κ3) is 3.46. The highest BCUT2D eigenvalue weighted by atomic mass is 19.1. The second-order valence-electron chi connectivity index (χ2n) is 6.77. The van der Waals surface area contributed by atoms with Crippen molar-refractivity contribution in [3.63, 3.8) is 0 Å². The Labute approximate surface area is 128 Å². The van der Waals surface area contributed by atoms with Gasteiger partial charge in [0.25, 0.3) is 0 Å². The maximum atomic E-state index is 14.1. The number of benzene rings is 1. The van der Waals surface area contributed by atoms with Gasteiger partial charge in [-0.05, 0) is 45.2 Å². The minimum Gasteiger partial charge on any atom is -0.329 e. The van der Waals surface area contributed by atoms with Gasteiger partial charge in [0.15, 0.2) is 0 Å². The summed E-state index contributed by atoms with van der Waals surface area (Å²) in [4.78, 5) is 2.32. The first kappa shape index (κ1) is 16.4. The number of nitrogens with zero attached hydrogens (tertiary/aromatic N) is 1. The standard InChI is InChI=1S/C18H29FN2/c1-14-7-6-11-18(13-20,12-10-14)21(3)15(2)16-8-4-5-9-17(16)19/h4-5,8-9,14-15H,6-7,10-13,20H2,1-3H3. The van der Waals surface area contributed by atoms with Crippen LogP contribution >= 0.6 is 0 Å². The number of nitrogens with two attached hydrogens (primary N) is 1. The fourth-order valence-corrected chi connectivity index (χ4v) is 3.70. The smallest absolute Gasteiger partial charge is 0.127 e. The van der Waals surface area contributed by atoms with Crippen molar-refractivity contribution in [1.29, 1.82) is 0 Å². The van der Waals surface area contributed by atoms with Crippen molar-refractivity contribution in [2.45, 2.75) is 57.5 Å². The lowest BCUT2D eigenvalue weighted by Gasteiger charge is -2.44. The molecule has 2 nitrogen and oxygen atoms in total. The molecule has 0 spiro atoms. The van der Waals surface area contributed by atoms with Gasteiger partial charge in [0.1, 0.15) is 5.82 Å². The Balaban J connectivity index is 2.23. The zero-order chi connectivity index (χ0) is 15.5. The molecule has 3 unspecified atom stereocenters. The van der Waals surface area contributed by atoms with Crippen molar-refractivity contribution in [2.75, 3.05) is 13.6 Å². The highest BCUT2D eigenvalue weighted by molar-refractivity contribution is 5.21. The lowest BCUT2D eigenvalue weighted by atomic mass is 9.86. The van der Waals surface area contributed by atoms with Crippen LogP contribution in [0.15, 0.2) is 24.3 Å². The van der Waals surface area contributed by atoms with Crippen molar-refractivity contribution in [3.8, 4) is 0 Å². The van der Waals surface area contributed by atoms with Gasteiger partial charge >= 0.3 is 0 Å². The first-order chi connectivity index (χ1) is 10.00. The second-order valence-corrected chi connectivity index (χ2v) is 6.77. The topological polar surface area (TPSA) is 29.3 Å². The maximum Gasteiger partial charge on any atom is 0.127 e. The normalized spacial score (nSPS) is 28.4. The van der Waals surface area contributed by atoms with Crippen LogP contribution in [-0.4, -0.2) is 24.0 Å². The average Bonchev–Trinajstić information content (AvgIpc) is 2.69. The van der Waals surface area contributed by atoms with Crippen LogP contribution in [0.2, 0.25) is 0 Å². The van der Waals surface area contributed by atoms with Crippen molar-refractivity contribution >= 4 is 0 Å². The van der Waals surface area contributed by atoms with E-state index in [1.54, 1.807) is 12.1 Å². The van der Waals surface area contributed by atoms with E-state index in [9.17, 15) is 4.39 Å². The Morgan fingerprint density at radius 2 is 2.05 bits per heavy atom. The fourth-order valence-electron chi connectivity index (χ4n) is 3.70. The number of halogens is 1. The molecule has 0 bridgehead atoms. The van der Waals surface area contributed by atoms with Gasteiger partial charge in [-0.3, -0.25) is 4.90 Å². The van der Waals surface area contributed by atoms with E-state index >= 15 is 0 Å². The van der Waals surface area contributed by atoms with Gasteiger partial charge in [-0.2, -0.15) is 0 Å². The molecule has 1 aromatic carbocycles. The Morgan fingerprint density at radius 3 is 2.71 bits per heavy atom. The zero-order valence-electron chi connectivity index (χ0n) is 13.6. The molecule has 0 saturated heterocycles. The van der Waals surface area contributed by atoms with Gasteiger partial charge in [0, 0.05) is 23.7 Å². The van der Waals surface area contributed by atoms with Crippen molar-refractivity contribution < 1.29 is 4.39 Å². The Kier molecular flexibility index (Phi) is 5.39. The predicted octanol–water partition coefficient (Wildman–Crippen LogP) is 4.12. The van der Waals surface area contributed by atoms with Crippen LogP contribution in [-0.2, 0) is 0 Å². The molecule has 0 radical (unpaired) electrons. The molecular weight excluding hydrogens is 263 g/mol. The van der Waals surface area contributed by atoms with Gasteiger partial charge in [0.05, 0.1) is 0 Å². The second kappa shape index (κ2) is 6.89. The number of likely N-dealkylation sites (N-methyl/N-ethyl adjacent to an activating group) is 1. The van der Waals surface area contributed by atoms with E-state index in [1.165, 1.54) is 19.3 Å². The highest BCUT2D eigenvalue weighted by Gasteiger charge is 2.37. The molecule has 118 valence electrons. The third-order valence-electron chi connectivity index (χ3n) is 5.51. The van der Waals surface area contributed by atoms with Crippen molar-refractivity contribution in [1.82, 2.24) is 4.90 Å². The molecule has 0 aliphatic heterocycles. The van der Waals surface area contributed by atoms with Crippen LogP contribution in [0.4, 0.5) is 4.39 Å². The number of hydrogen-bond acceptors (Lipinski definition) is 2. The summed E-state index contributed by atoms with van der Waals surface area (Å²) in [6.45, 7) is 5.06.